The zero-order valence-corrected chi connectivity index (χ0v) is 8.65. The maximum atomic E-state index is 5.96. The summed E-state index contributed by atoms with van der Waals surface area (Å²) in [5, 5.41) is 0.391. The highest BCUT2D eigenvalue weighted by Crippen LogP contribution is 2.24. The molecular formula is C8H10ClN5. The zero-order chi connectivity index (χ0) is 10.3. The summed E-state index contributed by atoms with van der Waals surface area (Å²) in [7, 11) is 0. The minimum Gasteiger partial charge on any atom is -0.382 e. The van der Waals surface area contributed by atoms with E-state index >= 15 is 0 Å². The van der Waals surface area contributed by atoms with Crippen LogP contribution in [0.4, 0.5) is 5.82 Å². The van der Waals surface area contributed by atoms with Crippen molar-refractivity contribution in [2.24, 2.45) is 0 Å². The van der Waals surface area contributed by atoms with Crippen LogP contribution in [0.1, 0.15) is 19.9 Å². The third-order valence-corrected chi connectivity index (χ3v) is 2.25. The molecule has 2 aromatic heterocycles. The average Bonchev–Trinajstić information content (AvgIpc) is 2.42. The number of nitrogens with two attached hydrogens (primary N) is 1. The number of aromatic nitrogens is 4. The minimum absolute atomic E-state index is 0.196. The van der Waals surface area contributed by atoms with Crippen molar-refractivity contribution in [3.8, 4) is 0 Å². The summed E-state index contributed by atoms with van der Waals surface area (Å²) in [5.74, 6) is 0.358. The molecule has 0 aliphatic heterocycles. The Hall–Kier alpha value is -1.36. The van der Waals surface area contributed by atoms with Crippen LogP contribution in [0.15, 0.2) is 6.33 Å². The second kappa shape index (κ2) is 3.09. The molecule has 5 nitrogen and oxygen atoms in total. The van der Waals surface area contributed by atoms with E-state index < -0.39 is 0 Å². The molecule has 0 aliphatic rings. The normalized spacial score (nSPS) is 11.4. The third-order valence-electron chi connectivity index (χ3n) is 1.98. The molecule has 0 bridgehead atoms. The Balaban J connectivity index is 2.83. The summed E-state index contributed by atoms with van der Waals surface area (Å²) >= 11 is 5.96. The summed E-state index contributed by atoms with van der Waals surface area (Å²) in [6.07, 6.45) is 1.41. The van der Waals surface area contributed by atoms with Crippen LogP contribution in [0.2, 0.25) is 5.28 Å². The van der Waals surface area contributed by atoms with Gasteiger partial charge >= 0.3 is 0 Å². The smallest absolute Gasteiger partial charge is 0.205 e. The molecule has 0 unspecified atom stereocenters. The van der Waals surface area contributed by atoms with Crippen LogP contribution in [-0.4, -0.2) is 19.5 Å². The van der Waals surface area contributed by atoms with Crippen LogP contribution in [0.3, 0.4) is 0 Å². The van der Waals surface area contributed by atoms with E-state index in [0.29, 0.717) is 22.3 Å². The highest BCUT2D eigenvalue weighted by Gasteiger charge is 2.14. The number of anilines is 1. The highest BCUT2D eigenvalue weighted by molar-refractivity contribution is 6.29. The van der Waals surface area contributed by atoms with E-state index in [0.717, 1.165) is 0 Å². The summed E-state index contributed by atoms with van der Waals surface area (Å²) in [6, 6.07) is 0.196. The van der Waals surface area contributed by atoms with E-state index in [4.69, 9.17) is 17.3 Å². The lowest BCUT2D eigenvalue weighted by atomic mass is 10.4. The van der Waals surface area contributed by atoms with Gasteiger partial charge in [0.2, 0.25) is 5.28 Å². The van der Waals surface area contributed by atoms with Crippen LogP contribution in [0.5, 0.6) is 0 Å². The monoisotopic (exact) mass is 211 g/mol. The molecule has 2 aromatic rings. The maximum Gasteiger partial charge on any atom is 0.205 e. The summed E-state index contributed by atoms with van der Waals surface area (Å²) < 4.78 is 1.81. The first kappa shape index (κ1) is 9.21. The molecule has 0 spiro atoms. The van der Waals surface area contributed by atoms with Crippen LogP contribution >= 0.6 is 11.6 Å². The fraction of sp³-hybridized carbons (Fsp3) is 0.375. The molecule has 0 saturated heterocycles. The number of nitrogens with zero attached hydrogens (tertiary/aromatic N) is 4. The van der Waals surface area contributed by atoms with Gasteiger partial charge in [-0.2, -0.15) is 0 Å². The second-order valence-electron chi connectivity index (χ2n) is 3.28. The topological polar surface area (TPSA) is 69.6 Å². The standard InChI is InChI=1S/C8H10ClN5/c1-4(2)14-7-5(13-8(14)9)6(10)11-3-12-7/h3-4H,1-2H3,(H2,10,11,12). The van der Waals surface area contributed by atoms with E-state index in [-0.39, 0.29) is 6.04 Å². The first-order valence-corrected chi connectivity index (χ1v) is 4.63. The summed E-state index contributed by atoms with van der Waals surface area (Å²) in [5.41, 5.74) is 6.89. The fourth-order valence-corrected chi connectivity index (χ4v) is 1.72. The quantitative estimate of drug-likeness (QED) is 0.728. The Labute approximate surface area is 85.9 Å². The van der Waals surface area contributed by atoms with Crippen molar-refractivity contribution in [2.75, 3.05) is 5.73 Å². The van der Waals surface area contributed by atoms with Gasteiger partial charge in [0.1, 0.15) is 6.33 Å². The lowest BCUT2D eigenvalue weighted by Crippen LogP contribution is -2.02. The summed E-state index contributed by atoms with van der Waals surface area (Å²) in [6.45, 7) is 4.01. The lowest BCUT2D eigenvalue weighted by molar-refractivity contribution is 0.613. The third kappa shape index (κ3) is 1.21. The van der Waals surface area contributed by atoms with Gasteiger partial charge in [0, 0.05) is 6.04 Å². The number of imidazole rings is 1. The van der Waals surface area contributed by atoms with Gasteiger partial charge in [-0.05, 0) is 25.4 Å². The number of hydrogen-bond donors (Lipinski definition) is 1. The molecule has 0 atom stereocenters. The van der Waals surface area contributed by atoms with Crippen molar-refractivity contribution in [1.29, 1.82) is 0 Å². The number of fused-ring (bicyclic) bond motifs is 1. The first-order valence-electron chi connectivity index (χ1n) is 4.25. The van der Waals surface area contributed by atoms with E-state index in [1.54, 1.807) is 0 Å². The van der Waals surface area contributed by atoms with Crippen LogP contribution in [-0.2, 0) is 0 Å². The zero-order valence-electron chi connectivity index (χ0n) is 7.90. The molecule has 0 fully saturated rings. The fourth-order valence-electron chi connectivity index (χ4n) is 1.36. The Kier molecular flexibility index (Phi) is 2.03. The maximum absolute atomic E-state index is 5.96. The SMILES string of the molecule is CC(C)n1c(Cl)nc2c(N)ncnc21. The minimum atomic E-state index is 0.196. The van der Waals surface area contributed by atoms with Crippen LogP contribution in [0.25, 0.3) is 11.2 Å². The van der Waals surface area contributed by atoms with Gasteiger partial charge in [-0.1, -0.05) is 0 Å². The van der Waals surface area contributed by atoms with Crippen molar-refractivity contribution in [3.63, 3.8) is 0 Å². The molecule has 0 radical (unpaired) electrons. The van der Waals surface area contributed by atoms with Gasteiger partial charge < -0.3 is 5.73 Å². The van der Waals surface area contributed by atoms with Crippen molar-refractivity contribution in [3.05, 3.63) is 11.6 Å². The number of nitrogen functional groups attached to an aromatic ring is 1. The Morgan fingerprint density at radius 1 is 1.43 bits per heavy atom. The van der Waals surface area contributed by atoms with Gasteiger partial charge in [0.05, 0.1) is 0 Å². The number of hydrogen-bond acceptors (Lipinski definition) is 4. The second-order valence-corrected chi connectivity index (χ2v) is 3.61. The molecule has 14 heavy (non-hydrogen) atoms. The van der Waals surface area contributed by atoms with Gasteiger partial charge in [0.25, 0.3) is 0 Å². The molecule has 0 aliphatic carbocycles. The lowest BCUT2D eigenvalue weighted by Gasteiger charge is -2.07. The predicted octanol–water partition coefficient (Wildman–Crippen LogP) is 1.64. The highest BCUT2D eigenvalue weighted by atomic mass is 35.5. The molecule has 0 saturated carbocycles. The van der Waals surface area contributed by atoms with E-state index in [1.807, 2.05) is 18.4 Å². The van der Waals surface area contributed by atoms with Gasteiger partial charge in [-0.25, -0.2) is 15.0 Å². The first-order chi connectivity index (χ1) is 6.61. The Bertz CT molecular complexity index is 476. The number of halogens is 1. The van der Waals surface area contributed by atoms with Gasteiger partial charge in [-0.3, -0.25) is 4.57 Å². The summed E-state index contributed by atoms with van der Waals surface area (Å²) in [4.78, 5) is 12.1. The van der Waals surface area contributed by atoms with Crippen molar-refractivity contribution in [2.45, 2.75) is 19.9 Å². The molecule has 74 valence electrons. The predicted molar refractivity (Wildman–Crippen MR) is 55.1 cm³/mol. The van der Waals surface area contributed by atoms with Crippen molar-refractivity contribution in [1.82, 2.24) is 19.5 Å². The Morgan fingerprint density at radius 2 is 2.14 bits per heavy atom. The van der Waals surface area contributed by atoms with Crippen LogP contribution in [0, 0.1) is 0 Å². The molecular weight excluding hydrogens is 202 g/mol. The van der Waals surface area contributed by atoms with Crippen molar-refractivity contribution < 1.29 is 0 Å². The molecule has 0 aromatic carbocycles. The Morgan fingerprint density at radius 3 is 2.79 bits per heavy atom. The van der Waals surface area contributed by atoms with E-state index in [9.17, 15) is 0 Å². The van der Waals surface area contributed by atoms with E-state index in [2.05, 4.69) is 15.0 Å². The molecule has 2 N–H and O–H groups in total. The van der Waals surface area contributed by atoms with E-state index in [1.165, 1.54) is 6.33 Å². The molecule has 2 rings (SSSR count). The number of rotatable bonds is 1. The molecule has 6 heteroatoms. The largest absolute Gasteiger partial charge is 0.382 e. The van der Waals surface area contributed by atoms with Crippen molar-refractivity contribution >= 4 is 28.6 Å². The van der Waals surface area contributed by atoms with Crippen LogP contribution < -0.4 is 5.73 Å². The molecule has 2 heterocycles. The van der Waals surface area contributed by atoms with Gasteiger partial charge in [-0.15, -0.1) is 0 Å². The van der Waals surface area contributed by atoms with Gasteiger partial charge in [0.15, 0.2) is 17.0 Å². The average molecular weight is 212 g/mol. The molecule has 0 amide bonds.